The van der Waals surface area contributed by atoms with Gasteiger partial charge in [-0.15, -0.1) is 0 Å². The van der Waals surface area contributed by atoms with Crippen molar-refractivity contribution in [3.05, 3.63) is 103 Å². The Morgan fingerprint density at radius 1 is 0.593 bits per heavy atom. The molecule has 0 aliphatic heterocycles. The van der Waals surface area contributed by atoms with Crippen LogP contribution in [0, 0.1) is 11.3 Å². The van der Waals surface area contributed by atoms with E-state index in [4.69, 9.17) is 5.26 Å². The van der Waals surface area contributed by atoms with E-state index >= 15 is 0 Å². The number of para-hydroxylation sites is 2. The smallest absolute Gasteiger partial charge is 0.0991 e. The molecule has 4 aromatic carbocycles. The predicted molar refractivity (Wildman–Crippen MR) is 111 cm³/mol. The highest BCUT2D eigenvalue weighted by Gasteiger charge is 2.12. The summed E-state index contributed by atoms with van der Waals surface area (Å²) in [5.41, 5.74) is 6.52. The summed E-state index contributed by atoms with van der Waals surface area (Å²) < 4.78 is 2.31. The van der Waals surface area contributed by atoms with Crippen molar-refractivity contribution < 1.29 is 0 Å². The van der Waals surface area contributed by atoms with E-state index in [1.165, 1.54) is 21.8 Å². The van der Waals surface area contributed by atoms with Gasteiger partial charge in [-0.25, -0.2) is 0 Å². The van der Waals surface area contributed by atoms with Crippen molar-refractivity contribution in [1.82, 2.24) is 4.57 Å². The number of benzene rings is 4. The number of rotatable bonds is 2. The van der Waals surface area contributed by atoms with Gasteiger partial charge in [-0.2, -0.15) is 5.26 Å². The van der Waals surface area contributed by atoms with E-state index in [0.717, 1.165) is 16.8 Å². The van der Waals surface area contributed by atoms with Crippen LogP contribution in [0.3, 0.4) is 0 Å². The molecule has 0 saturated carbocycles. The van der Waals surface area contributed by atoms with Crippen molar-refractivity contribution >= 4 is 21.8 Å². The van der Waals surface area contributed by atoms with Gasteiger partial charge in [-0.1, -0.05) is 54.6 Å². The molecule has 0 spiro atoms. The summed E-state index contributed by atoms with van der Waals surface area (Å²) in [6, 6.07) is 35.5. The Labute approximate surface area is 157 Å². The summed E-state index contributed by atoms with van der Waals surface area (Å²) in [4.78, 5) is 0. The molecule has 5 rings (SSSR count). The first-order valence-electron chi connectivity index (χ1n) is 8.94. The van der Waals surface area contributed by atoms with Crippen LogP contribution in [-0.4, -0.2) is 4.57 Å². The summed E-state index contributed by atoms with van der Waals surface area (Å²) in [5, 5.41) is 11.5. The van der Waals surface area contributed by atoms with E-state index < -0.39 is 0 Å². The topological polar surface area (TPSA) is 28.7 Å². The first-order chi connectivity index (χ1) is 13.3. The van der Waals surface area contributed by atoms with E-state index in [1.54, 1.807) is 0 Å². The van der Waals surface area contributed by atoms with Crippen LogP contribution in [0.2, 0.25) is 0 Å². The Kier molecular flexibility index (Phi) is 3.52. The molecule has 0 bridgehead atoms. The van der Waals surface area contributed by atoms with Gasteiger partial charge in [0.15, 0.2) is 0 Å². The summed E-state index contributed by atoms with van der Waals surface area (Å²) >= 11 is 0. The van der Waals surface area contributed by atoms with Gasteiger partial charge >= 0.3 is 0 Å². The molecule has 0 atom stereocenters. The number of fused-ring (bicyclic) bond motifs is 3. The molecule has 126 valence electrons. The van der Waals surface area contributed by atoms with E-state index in [0.29, 0.717) is 5.56 Å². The Balaban J connectivity index is 1.79. The molecule has 0 fully saturated rings. The van der Waals surface area contributed by atoms with Crippen LogP contribution >= 0.6 is 0 Å². The van der Waals surface area contributed by atoms with E-state index in [2.05, 4.69) is 77.4 Å². The molecule has 27 heavy (non-hydrogen) atoms. The molecule has 1 aromatic heterocycles. The second-order valence-electron chi connectivity index (χ2n) is 6.61. The van der Waals surface area contributed by atoms with Gasteiger partial charge in [0.2, 0.25) is 0 Å². The van der Waals surface area contributed by atoms with E-state index in [-0.39, 0.29) is 0 Å². The largest absolute Gasteiger partial charge is 0.309 e. The van der Waals surface area contributed by atoms with Crippen LogP contribution in [-0.2, 0) is 0 Å². The van der Waals surface area contributed by atoms with Crippen molar-refractivity contribution in [3.8, 4) is 22.9 Å². The summed E-state index contributed by atoms with van der Waals surface area (Å²) in [6.07, 6.45) is 0. The Hall–Kier alpha value is -3.83. The third-order valence-corrected chi connectivity index (χ3v) is 5.03. The molecule has 2 heteroatoms. The zero-order chi connectivity index (χ0) is 18.2. The minimum absolute atomic E-state index is 0.681. The zero-order valence-corrected chi connectivity index (χ0v) is 14.6. The van der Waals surface area contributed by atoms with Crippen molar-refractivity contribution in [3.63, 3.8) is 0 Å². The number of hydrogen-bond donors (Lipinski definition) is 0. The van der Waals surface area contributed by atoms with Gasteiger partial charge in [0.05, 0.1) is 22.7 Å². The Bertz CT molecular complexity index is 1300. The van der Waals surface area contributed by atoms with Gasteiger partial charge in [0.1, 0.15) is 0 Å². The molecule has 0 N–H and O–H groups in total. The number of nitrogens with zero attached hydrogens (tertiary/aromatic N) is 2. The lowest BCUT2D eigenvalue weighted by Crippen LogP contribution is -1.92. The molecule has 5 aromatic rings. The first-order valence-corrected chi connectivity index (χ1v) is 8.94. The van der Waals surface area contributed by atoms with E-state index in [1.807, 2.05) is 30.3 Å². The maximum Gasteiger partial charge on any atom is 0.0991 e. The fourth-order valence-corrected chi connectivity index (χ4v) is 3.74. The van der Waals surface area contributed by atoms with Crippen molar-refractivity contribution in [2.75, 3.05) is 0 Å². The molecule has 1 heterocycles. The van der Waals surface area contributed by atoms with Crippen molar-refractivity contribution in [2.45, 2.75) is 0 Å². The lowest BCUT2D eigenvalue weighted by Gasteiger charge is -2.08. The average molecular weight is 344 g/mol. The number of aromatic nitrogens is 1. The summed E-state index contributed by atoms with van der Waals surface area (Å²) in [5.74, 6) is 0. The van der Waals surface area contributed by atoms with E-state index in [9.17, 15) is 0 Å². The predicted octanol–water partition coefficient (Wildman–Crippen LogP) is 6.32. The minimum atomic E-state index is 0.681. The minimum Gasteiger partial charge on any atom is -0.309 e. The molecular weight excluding hydrogens is 328 g/mol. The fourth-order valence-electron chi connectivity index (χ4n) is 3.74. The fraction of sp³-hybridized carbons (Fsp3) is 0. The molecule has 0 radical (unpaired) electrons. The van der Waals surface area contributed by atoms with Gasteiger partial charge in [0, 0.05) is 16.5 Å². The van der Waals surface area contributed by atoms with Gasteiger partial charge in [-0.3, -0.25) is 0 Å². The second-order valence-corrected chi connectivity index (χ2v) is 6.61. The lowest BCUT2D eigenvalue weighted by atomic mass is 10.0. The first kappa shape index (κ1) is 15.4. The highest BCUT2D eigenvalue weighted by Crippen LogP contribution is 2.34. The highest BCUT2D eigenvalue weighted by molar-refractivity contribution is 6.10. The SMILES string of the molecule is N#Cc1ccc(-c2ccc3c(c2)c2ccccc2n3-c2ccccc2)cc1. The third-order valence-electron chi connectivity index (χ3n) is 5.03. The van der Waals surface area contributed by atoms with Gasteiger partial charge in [0.25, 0.3) is 0 Å². The summed E-state index contributed by atoms with van der Waals surface area (Å²) in [6.45, 7) is 0. The van der Waals surface area contributed by atoms with Crippen LogP contribution in [0.15, 0.2) is 97.1 Å². The van der Waals surface area contributed by atoms with Crippen LogP contribution in [0.25, 0.3) is 38.6 Å². The van der Waals surface area contributed by atoms with Crippen LogP contribution in [0.1, 0.15) is 5.56 Å². The molecule has 0 unspecified atom stereocenters. The van der Waals surface area contributed by atoms with Crippen molar-refractivity contribution in [2.24, 2.45) is 0 Å². The molecule has 0 saturated heterocycles. The number of nitriles is 1. The quantitative estimate of drug-likeness (QED) is 0.368. The summed E-state index contributed by atoms with van der Waals surface area (Å²) in [7, 11) is 0. The molecule has 0 amide bonds. The second kappa shape index (κ2) is 6.16. The Morgan fingerprint density at radius 2 is 1.26 bits per heavy atom. The molecule has 2 nitrogen and oxygen atoms in total. The molecule has 0 aliphatic carbocycles. The molecule has 0 aliphatic rings. The Morgan fingerprint density at radius 3 is 2.04 bits per heavy atom. The average Bonchev–Trinajstić information content (AvgIpc) is 3.08. The zero-order valence-electron chi connectivity index (χ0n) is 14.6. The lowest BCUT2D eigenvalue weighted by molar-refractivity contribution is 1.18. The van der Waals surface area contributed by atoms with Crippen molar-refractivity contribution in [1.29, 1.82) is 5.26 Å². The molecular formula is C25H16N2. The standard InChI is InChI=1S/C25H16N2/c26-17-18-10-12-19(13-11-18)20-14-15-25-23(16-20)22-8-4-5-9-24(22)27(25)21-6-2-1-3-7-21/h1-16H. The maximum absolute atomic E-state index is 9.02. The number of hydrogen-bond acceptors (Lipinski definition) is 1. The third kappa shape index (κ3) is 2.49. The van der Waals surface area contributed by atoms with Crippen LogP contribution < -0.4 is 0 Å². The van der Waals surface area contributed by atoms with Crippen LogP contribution in [0.4, 0.5) is 0 Å². The maximum atomic E-state index is 9.02. The normalized spacial score (nSPS) is 10.9. The van der Waals surface area contributed by atoms with Gasteiger partial charge in [-0.05, 0) is 53.6 Å². The monoisotopic (exact) mass is 344 g/mol. The van der Waals surface area contributed by atoms with Gasteiger partial charge < -0.3 is 4.57 Å². The van der Waals surface area contributed by atoms with Crippen LogP contribution in [0.5, 0.6) is 0 Å². The highest BCUT2D eigenvalue weighted by atomic mass is 15.0.